The maximum Gasteiger partial charge on any atom is 0.229 e. The van der Waals surface area contributed by atoms with Crippen LogP contribution in [0, 0.1) is 0 Å². The minimum absolute atomic E-state index is 0.192. The van der Waals surface area contributed by atoms with Gasteiger partial charge in [0.2, 0.25) is 11.8 Å². The van der Waals surface area contributed by atoms with E-state index in [1.54, 1.807) is 14.2 Å². The lowest BCUT2D eigenvalue weighted by Gasteiger charge is -2.09. The Hall–Kier alpha value is -3.02. The SMILES string of the molecule is COc1ccc(CNC(=O)CC(=O)NCCc2ccccc2OC)cc1. The number of hydrogen-bond acceptors (Lipinski definition) is 4. The molecule has 0 fully saturated rings. The largest absolute Gasteiger partial charge is 0.497 e. The smallest absolute Gasteiger partial charge is 0.229 e. The first-order valence-electron chi connectivity index (χ1n) is 8.40. The summed E-state index contributed by atoms with van der Waals surface area (Å²) >= 11 is 0. The minimum atomic E-state index is -0.310. The number of amides is 2. The van der Waals surface area contributed by atoms with Gasteiger partial charge in [0.25, 0.3) is 0 Å². The van der Waals surface area contributed by atoms with E-state index in [-0.39, 0.29) is 18.2 Å². The molecule has 26 heavy (non-hydrogen) atoms. The predicted octanol–water partition coefficient (Wildman–Crippen LogP) is 2.07. The fourth-order valence-electron chi connectivity index (χ4n) is 2.46. The summed E-state index contributed by atoms with van der Waals surface area (Å²) in [5.74, 6) is 0.941. The molecule has 0 unspecified atom stereocenters. The third-order valence-electron chi connectivity index (χ3n) is 3.88. The van der Waals surface area contributed by atoms with E-state index >= 15 is 0 Å². The highest BCUT2D eigenvalue weighted by Crippen LogP contribution is 2.17. The molecule has 138 valence electrons. The molecule has 6 heteroatoms. The zero-order valence-electron chi connectivity index (χ0n) is 15.1. The molecular weight excluding hydrogens is 332 g/mol. The van der Waals surface area contributed by atoms with Gasteiger partial charge in [-0.1, -0.05) is 30.3 Å². The first kappa shape index (κ1) is 19.3. The zero-order chi connectivity index (χ0) is 18.8. The van der Waals surface area contributed by atoms with Crippen LogP contribution in [-0.2, 0) is 22.6 Å². The van der Waals surface area contributed by atoms with Crippen molar-refractivity contribution in [1.29, 1.82) is 0 Å². The molecule has 0 bridgehead atoms. The lowest BCUT2D eigenvalue weighted by atomic mass is 10.1. The Labute approximate surface area is 153 Å². The number of para-hydroxylation sites is 1. The van der Waals surface area contributed by atoms with Crippen molar-refractivity contribution in [3.8, 4) is 11.5 Å². The molecule has 0 radical (unpaired) electrons. The Morgan fingerprint density at radius 2 is 1.58 bits per heavy atom. The molecule has 0 heterocycles. The topological polar surface area (TPSA) is 76.7 Å². The molecule has 2 amide bonds. The number of nitrogens with one attached hydrogen (secondary N) is 2. The fourth-order valence-corrected chi connectivity index (χ4v) is 2.46. The molecule has 0 saturated carbocycles. The van der Waals surface area contributed by atoms with Gasteiger partial charge in [0, 0.05) is 13.1 Å². The van der Waals surface area contributed by atoms with Gasteiger partial charge in [0.15, 0.2) is 0 Å². The van der Waals surface area contributed by atoms with E-state index in [9.17, 15) is 9.59 Å². The Morgan fingerprint density at radius 3 is 2.27 bits per heavy atom. The van der Waals surface area contributed by atoms with Gasteiger partial charge in [-0.25, -0.2) is 0 Å². The molecular formula is C20H24N2O4. The Morgan fingerprint density at radius 1 is 0.885 bits per heavy atom. The van der Waals surface area contributed by atoms with Crippen molar-refractivity contribution < 1.29 is 19.1 Å². The van der Waals surface area contributed by atoms with Crippen molar-refractivity contribution >= 4 is 11.8 Å². The second-order valence-electron chi connectivity index (χ2n) is 5.71. The van der Waals surface area contributed by atoms with E-state index < -0.39 is 0 Å². The number of carbonyl (C=O) groups is 2. The van der Waals surface area contributed by atoms with Crippen molar-refractivity contribution in [3.05, 3.63) is 59.7 Å². The quantitative estimate of drug-likeness (QED) is 0.675. The number of hydrogen-bond donors (Lipinski definition) is 2. The Kier molecular flexibility index (Phi) is 7.49. The summed E-state index contributed by atoms with van der Waals surface area (Å²) in [4.78, 5) is 23.7. The zero-order valence-corrected chi connectivity index (χ0v) is 15.1. The molecule has 0 atom stereocenters. The summed E-state index contributed by atoms with van der Waals surface area (Å²) in [6.07, 6.45) is 0.450. The van der Waals surface area contributed by atoms with E-state index in [1.165, 1.54) is 0 Å². The highest BCUT2D eigenvalue weighted by Gasteiger charge is 2.09. The van der Waals surface area contributed by atoms with Crippen molar-refractivity contribution in [3.63, 3.8) is 0 Å². The second kappa shape index (κ2) is 10.1. The molecule has 2 N–H and O–H groups in total. The Bertz CT molecular complexity index is 729. The van der Waals surface area contributed by atoms with Gasteiger partial charge in [-0.2, -0.15) is 0 Å². The lowest BCUT2D eigenvalue weighted by molar-refractivity contribution is -0.129. The van der Waals surface area contributed by atoms with Crippen LogP contribution in [-0.4, -0.2) is 32.6 Å². The molecule has 6 nitrogen and oxygen atoms in total. The minimum Gasteiger partial charge on any atom is -0.497 e. The third-order valence-corrected chi connectivity index (χ3v) is 3.88. The van der Waals surface area contributed by atoms with Crippen LogP contribution in [0.15, 0.2) is 48.5 Å². The average molecular weight is 356 g/mol. The molecule has 2 rings (SSSR count). The van der Waals surface area contributed by atoms with Gasteiger partial charge in [-0.3, -0.25) is 9.59 Å². The van der Waals surface area contributed by atoms with E-state index in [1.807, 2.05) is 48.5 Å². The normalized spacial score (nSPS) is 10.1. The maximum absolute atomic E-state index is 11.9. The second-order valence-corrected chi connectivity index (χ2v) is 5.71. The van der Waals surface area contributed by atoms with Crippen molar-refractivity contribution in [2.75, 3.05) is 20.8 Å². The summed E-state index contributed by atoms with van der Waals surface area (Å²) in [7, 11) is 3.22. The summed E-state index contributed by atoms with van der Waals surface area (Å²) in [6, 6.07) is 15.0. The molecule has 0 aliphatic heterocycles. The van der Waals surface area contributed by atoms with Crippen LogP contribution in [0.2, 0.25) is 0 Å². The van der Waals surface area contributed by atoms with Gasteiger partial charge in [0.1, 0.15) is 17.9 Å². The van der Waals surface area contributed by atoms with E-state index in [0.29, 0.717) is 19.5 Å². The number of carbonyl (C=O) groups excluding carboxylic acids is 2. The first-order valence-corrected chi connectivity index (χ1v) is 8.40. The van der Waals surface area contributed by atoms with E-state index in [2.05, 4.69) is 10.6 Å². The van der Waals surface area contributed by atoms with Gasteiger partial charge in [-0.05, 0) is 35.7 Å². The summed E-state index contributed by atoms with van der Waals surface area (Å²) in [5.41, 5.74) is 1.95. The van der Waals surface area contributed by atoms with E-state index in [0.717, 1.165) is 22.6 Å². The predicted molar refractivity (Wildman–Crippen MR) is 99.2 cm³/mol. The molecule has 0 aliphatic carbocycles. The fraction of sp³-hybridized carbons (Fsp3) is 0.300. The molecule has 2 aromatic carbocycles. The van der Waals surface area contributed by atoms with Crippen LogP contribution in [0.5, 0.6) is 11.5 Å². The standard InChI is InChI=1S/C20H24N2O4/c1-25-17-9-7-15(8-10-17)14-22-20(24)13-19(23)21-12-11-16-5-3-4-6-18(16)26-2/h3-10H,11-14H2,1-2H3,(H,21,23)(H,22,24). The maximum atomic E-state index is 11.9. The molecule has 0 saturated heterocycles. The number of ether oxygens (including phenoxy) is 2. The summed E-state index contributed by atoms with van der Waals surface area (Å²) in [5, 5.41) is 5.49. The highest BCUT2D eigenvalue weighted by atomic mass is 16.5. The van der Waals surface area contributed by atoms with Gasteiger partial charge in [0.05, 0.1) is 14.2 Å². The third kappa shape index (κ3) is 6.12. The van der Waals surface area contributed by atoms with Crippen LogP contribution in [0.25, 0.3) is 0 Å². The lowest BCUT2D eigenvalue weighted by Crippen LogP contribution is -2.32. The molecule has 2 aromatic rings. The van der Waals surface area contributed by atoms with Crippen molar-refractivity contribution in [1.82, 2.24) is 10.6 Å². The van der Waals surface area contributed by atoms with Gasteiger partial charge >= 0.3 is 0 Å². The van der Waals surface area contributed by atoms with E-state index in [4.69, 9.17) is 9.47 Å². The number of benzene rings is 2. The summed E-state index contributed by atoms with van der Waals surface area (Å²) in [6.45, 7) is 0.822. The monoisotopic (exact) mass is 356 g/mol. The average Bonchev–Trinajstić information content (AvgIpc) is 2.67. The molecule has 0 aromatic heterocycles. The summed E-state index contributed by atoms with van der Waals surface area (Å²) < 4.78 is 10.4. The first-order chi connectivity index (χ1) is 12.6. The van der Waals surface area contributed by atoms with Crippen molar-refractivity contribution in [2.24, 2.45) is 0 Å². The molecule has 0 aliphatic rings. The number of rotatable bonds is 9. The highest BCUT2D eigenvalue weighted by molar-refractivity contribution is 5.96. The van der Waals surface area contributed by atoms with Crippen LogP contribution < -0.4 is 20.1 Å². The van der Waals surface area contributed by atoms with Gasteiger partial charge < -0.3 is 20.1 Å². The van der Waals surface area contributed by atoms with Crippen molar-refractivity contribution in [2.45, 2.75) is 19.4 Å². The van der Waals surface area contributed by atoms with Crippen LogP contribution >= 0.6 is 0 Å². The van der Waals surface area contributed by atoms with Crippen LogP contribution in [0.3, 0.4) is 0 Å². The number of methoxy groups -OCH3 is 2. The van der Waals surface area contributed by atoms with Crippen LogP contribution in [0.4, 0.5) is 0 Å². The van der Waals surface area contributed by atoms with Gasteiger partial charge in [-0.15, -0.1) is 0 Å². The van der Waals surface area contributed by atoms with Crippen LogP contribution in [0.1, 0.15) is 17.5 Å². The molecule has 0 spiro atoms. The Balaban J connectivity index is 1.69.